The summed E-state index contributed by atoms with van der Waals surface area (Å²) >= 11 is 6.42. The van der Waals surface area contributed by atoms with Gasteiger partial charge in [-0.05, 0) is 49.0 Å². The lowest BCUT2D eigenvalue weighted by molar-refractivity contribution is 0.413. The second-order valence-corrected chi connectivity index (χ2v) is 6.82. The number of anilines is 1. The van der Waals surface area contributed by atoms with Crippen LogP contribution in [0.5, 0.6) is 5.75 Å². The minimum atomic E-state index is 0.802. The van der Waals surface area contributed by atoms with Gasteiger partial charge in [0, 0.05) is 12.1 Å². The van der Waals surface area contributed by atoms with Crippen LogP contribution < -0.4 is 10.1 Å². The van der Waals surface area contributed by atoms with Crippen molar-refractivity contribution in [3.63, 3.8) is 0 Å². The van der Waals surface area contributed by atoms with Crippen LogP contribution in [0.1, 0.15) is 63.4 Å². The fourth-order valence-corrected chi connectivity index (χ4v) is 3.97. The molecule has 0 amide bonds. The molecule has 2 aliphatic rings. The lowest BCUT2D eigenvalue weighted by atomic mass is 9.88. The van der Waals surface area contributed by atoms with E-state index in [2.05, 4.69) is 5.32 Å². The van der Waals surface area contributed by atoms with E-state index in [0.717, 1.165) is 29.4 Å². The molecule has 0 saturated carbocycles. The van der Waals surface area contributed by atoms with Crippen molar-refractivity contribution in [2.24, 2.45) is 0 Å². The third kappa shape index (κ3) is 3.27. The Morgan fingerprint density at radius 3 is 2.36 bits per heavy atom. The Balaban J connectivity index is 2.00. The van der Waals surface area contributed by atoms with Gasteiger partial charge in [0.1, 0.15) is 5.75 Å². The fraction of sp³-hybridized carbons (Fsp3) is 0.579. The number of hydrogen-bond acceptors (Lipinski definition) is 2. The number of halogens is 1. The SMILES string of the molecule is COc1ccc(Cl)c2c1C1=C(CCCCCCCCC1)CN2. The first-order valence-corrected chi connectivity index (χ1v) is 9.00. The molecule has 0 fully saturated rings. The van der Waals surface area contributed by atoms with E-state index in [0.29, 0.717) is 0 Å². The molecule has 1 aliphatic heterocycles. The number of fused-ring (bicyclic) bond motifs is 2. The fourth-order valence-electron chi connectivity index (χ4n) is 3.74. The van der Waals surface area contributed by atoms with Crippen LogP contribution >= 0.6 is 11.6 Å². The third-order valence-corrected chi connectivity index (χ3v) is 5.26. The summed E-state index contributed by atoms with van der Waals surface area (Å²) in [4.78, 5) is 0. The van der Waals surface area contributed by atoms with Crippen molar-refractivity contribution in [2.75, 3.05) is 19.0 Å². The van der Waals surface area contributed by atoms with E-state index in [-0.39, 0.29) is 0 Å². The van der Waals surface area contributed by atoms with Gasteiger partial charge in [-0.15, -0.1) is 0 Å². The predicted molar refractivity (Wildman–Crippen MR) is 95.0 cm³/mol. The van der Waals surface area contributed by atoms with Gasteiger partial charge in [-0.3, -0.25) is 0 Å². The van der Waals surface area contributed by atoms with Gasteiger partial charge >= 0.3 is 0 Å². The van der Waals surface area contributed by atoms with E-state index >= 15 is 0 Å². The number of ether oxygens (including phenoxy) is 1. The topological polar surface area (TPSA) is 21.3 Å². The van der Waals surface area contributed by atoms with Gasteiger partial charge in [-0.1, -0.05) is 43.7 Å². The Hall–Kier alpha value is -1.15. The molecule has 1 aromatic rings. The molecule has 1 aromatic carbocycles. The van der Waals surface area contributed by atoms with Gasteiger partial charge in [0.2, 0.25) is 0 Å². The zero-order valence-corrected chi connectivity index (χ0v) is 14.3. The molecule has 2 nitrogen and oxygen atoms in total. The minimum absolute atomic E-state index is 0.802. The van der Waals surface area contributed by atoms with E-state index in [4.69, 9.17) is 16.3 Å². The largest absolute Gasteiger partial charge is 0.496 e. The summed E-state index contributed by atoms with van der Waals surface area (Å²) in [5.74, 6) is 0.953. The molecule has 0 radical (unpaired) electrons. The maximum atomic E-state index is 6.42. The molecule has 22 heavy (non-hydrogen) atoms. The van der Waals surface area contributed by atoms with Gasteiger partial charge in [0.25, 0.3) is 0 Å². The second-order valence-electron chi connectivity index (χ2n) is 6.41. The summed E-state index contributed by atoms with van der Waals surface area (Å²) in [5.41, 5.74) is 5.34. The summed E-state index contributed by atoms with van der Waals surface area (Å²) in [6, 6.07) is 3.94. The van der Waals surface area contributed by atoms with E-state index < -0.39 is 0 Å². The zero-order chi connectivity index (χ0) is 15.4. The van der Waals surface area contributed by atoms with Crippen molar-refractivity contribution in [2.45, 2.75) is 57.8 Å². The highest BCUT2D eigenvalue weighted by atomic mass is 35.5. The Morgan fingerprint density at radius 2 is 1.64 bits per heavy atom. The Kier molecular flexibility index (Phi) is 5.30. The molecule has 3 rings (SSSR count). The molecule has 0 saturated heterocycles. The van der Waals surface area contributed by atoms with Crippen LogP contribution in [-0.2, 0) is 0 Å². The first-order chi connectivity index (χ1) is 10.8. The number of methoxy groups -OCH3 is 1. The summed E-state index contributed by atoms with van der Waals surface area (Å²) in [6.45, 7) is 0.940. The average molecular weight is 320 g/mol. The van der Waals surface area contributed by atoms with Crippen LogP contribution in [-0.4, -0.2) is 13.7 Å². The first kappa shape index (κ1) is 15.7. The molecule has 0 aromatic heterocycles. The quantitative estimate of drug-likeness (QED) is 0.680. The lowest BCUT2D eigenvalue weighted by Gasteiger charge is -2.27. The number of nitrogens with one attached hydrogen (secondary N) is 1. The molecule has 3 heteroatoms. The van der Waals surface area contributed by atoms with Gasteiger partial charge in [0.15, 0.2) is 0 Å². The van der Waals surface area contributed by atoms with Crippen LogP contribution in [0, 0.1) is 0 Å². The minimum Gasteiger partial charge on any atom is -0.496 e. The smallest absolute Gasteiger partial charge is 0.128 e. The van der Waals surface area contributed by atoms with Crippen LogP contribution in [0.2, 0.25) is 5.02 Å². The Labute approximate surface area is 138 Å². The van der Waals surface area contributed by atoms with Gasteiger partial charge < -0.3 is 10.1 Å². The average Bonchev–Trinajstić information content (AvgIpc) is 2.59. The lowest BCUT2D eigenvalue weighted by Crippen LogP contribution is -2.16. The van der Waals surface area contributed by atoms with Gasteiger partial charge in [-0.25, -0.2) is 0 Å². The van der Waals surface area contributed by atoms with Crippen LogP contribution in [0.25, 0.3) is 5.57 Å². The molecule has 120 valence electrons. The highest BCUT2D eigenvalue weighted by Crippen LogP contribution is 2.45. The van der Waals surface area contributed by atoms with Crippen molar-refractivity contribution in [1.29, 1.82) is 0 Å². The summed E-state index contributed by atoms with van der Waals surface area (Å²) < 4.78 is 5.64. The third-order valence-electron chi connectivity index (χ3n) is 4.95. The van der Waals surface area contributed by atoms with Crippen molar-refractivity contribution in [3.8, 4) is 5.75 Å². The van der Waals surface area contributed by atoms with Crippen molar-refractivity contribution >= 4 is 22.9 Å². The summed E-state index contributed by atoms with van der Waals surface area (Å²) in [7, 11) is 1.75. The van der Waals surface area contributed by atoms with E-state index in [1.54, 1.807) is 12.7 Å². The molecular formula is C19H26ClNO. The predicted octanol–water partition coefficient (Wildman–Crippen LogP) is 6.05. The van der Waals surface area contributed by atoms with Gasteiger partial charge in [0.05, 0.1) is 17.8 Å². The summed E-state index contributed by atoms with van der Waals surface area (Å²) in [6.07, 6.45) is 11.8. The van der Waals surface area contributed by atoms with Crippen LogP contribution in [0.15, 0.2) is 17.7 Å². The molecule has 1 N–H and O–H groups in total. The second kappa shape index (κ2) is 7.41. The van der Waals surface area contributed by atoms with E-state index in [1.165, 1.54) is 62.5 Å². The standard InChI is InChI=1S/C19H26ClNO/c1-22-17-12-11-16(20)19-18(17)15-10-8-6-4-2-3-5-7-9-14(15)13-21-19/h11-12,21H,2-10,13H2,1H3. The number of allylic oxidation sites excluding steroid dienone is 1. The maximum absolute atomic E-state index is 6.42. The van der Waals surface area contributed by atoms with Gasteiger partial charge in [-0.2, -0.15) is 0 Å². The molecule has 1 aliphatic carbocycles. The van der Waals surface area contributed by atoms with Crippen LogP contribution in [0.3, 0.4) is 0 Å². The van der Waals surface area contributed by atoms with Crippen molar-refractivity contribution in [1.82, 2.24) is 0 Å². The molecule has 0 unspecified atom stereocenters. The summed E-state index contributed by atoms with van der Waals surface area (Å²) in [5, 5.41) is 4.34. The number of benzene rings is 1. The Morgan fingerprint density at radius 1 is 0.955 bits per heavy atom. The van der Waals surface area contributed by atoms with Crippen LogP contribution in [0.4, 0.5) is 5.69 Å². The van der Waals surface area contributed by atoms with E-state index in [9.17, 15) is 0 Å². The molecule has 0 bridgehead atoms. The maximum Gasteiger partial charge on any atom is 0.128 e. The molecule has 0 spiro atoms. The number of rotatable bonds is 1. The molecular weight excluding hydrogens is 294 g/mol. The molecule has 1 heterocycles. The zero-order valence-electron chi connectivity index (χ0n) is 13.5. The highest BCUT2D eigenvalue weighted by molar-refractivity contribution is 6.34. The number of hydrogen-bond donors (Lipinski definition) is 1. The van der Waals surface area contributed by atoms with E-state index in [1.807, 2.05) is 12.1 Å². The molecule has 0 atom stereocenters. The first-order valence-electron chi connectivity index (χ1n) is 8.63. The monoisotopic (exact) mass is 319 g/mol. The normalized spacial score (nSPS) is 19.5. The highest BCUT2D eigenvalue weighted by Gasteiger charge is 2.24. The van der Waals surface area contributed by atoms with Crippen molar-refractivity contribution in [3.05, 3.63) is 28.3 Å². The van der Waals surface area contributed by atoms with Crippen molar-refractivity contribution < 1.29 is 4.74 Å². The Bertz CT molecular complexity index is 565.